The summed E-state index contributed by atoms with van der Waals surface area (Å²) in [4.78, 5) is 5.21. The molecule has 0 bridgehead atoms. The van der Waals surface area contributed by atoms with E-state index in [1.807, 2.05) is 11.8 Å². The average Bonchev–Trinajstić information content (AvgIpc) is 3.17. The first-order chi connectivity index (χ1) is 15.6. The zero-order valence-electron chi connectivity index (χ0n) is 20.3. The van der Waals surface area contributed by atoms with Crippen LogP contribution in [0.25, 0.3) is 5.52 Å². The second-order valence-electron chi connectivity index (χ2n) is 8.89. The number of unbranched alkanes of at least 4 members (excludes halogenated alkanes) is 2. The first kappa shape index (κ1) is 24.7. The highest BCUT2D eigenvalue weighted by Crippen LogP contribution is 2.38. The molecule has 0 N–H and O–H groups in total. The zero-order valence-corrected chi connectivity index (χ0v) is 21.2. The minimum absolute atomic E-state index is 0.495. The number of aromatic nitrogens is 1. The molecule has 3 aromatic rings. The molecule has 0 aliphatic carbocycles. The van der Waals surface area contributed by atoms with Crippen molar-refractivity contribution in [2.24, 2.45) is 0 Å². The molecule has 3 nitrogen and oxygen atoms in total. The minimum atomic E-state index is 0.495. The van der Waals surface area contributed by atoms with E-state index < -0.39 is 0 Å². The van der Waals surface area contributed by atoms with Gasteiger partial charge in [-0.1, -0.05) is 58.4 Å². The van der Waals surface area contributed by atoms with Crippen LogP contribution in [0.3, 0.4) is 0 Å². The molecule has 0 spiro atoms. The van der Waals surface area contributed by atoms with E-state index in [0.29, 0.717) is 5.92 Å². The topological polar surface area (TPSA) is 16.9 Å². The quantitative estimate of drug-likeness (QED) is 0.231. The van der Waals surface area contributed by atoms with Gasteiger partial charge in [-0.15, -0.1) is 0 Å². The highest BCUT2D eigenvalue weighted by molar-refractivity contribution is 7.99. The molecular weight excluding hydrogens is 412 g/mol. The zero-order chi connectivity index (χ0) is 22.8. The van der Waals surface area contributed by atoms with Gasteiger partial charge >= 0.3 is 0 Å². The van der Waals surface area contributed by atoms with E-state index in [1.165, 1.54) is 59.6 Å². The van der Waals surface area contributed by atoms with E-state index in [1.54, 1.807) is 0 Å². The maximum Gasteiger partial charge on any atom is 0.119 e. The van der Waals surface area contributed by atoms with E-state index in [-0.39, 0.29) is 0 Å². The number of pyridine rings is 1. The van der Waals surface area contributed by atoms with E-state index >= 15 is 0 Å². The third-order valence-electron chi connectivity index (χ3n) is 5.87. The summed E-state index contributed by atoms with van der Waals surface area (Å²) in [5.74, 6) is 1.46. The van der Waals surface area contributed by atoms with Crippen molar-refractivity contribution in [1.29, 1.82) is 0 Å². The summed E-state index contributed by atoms with van der Waals surface area (Å²) in [5.41, 5.74) is 2.68. The highest BCUT2D eigenvalue weighted by Gasteiger charge is 2.14. The minimum Gasteiger partial charge on any atom is -0.494 e. The van der Waals surface area contributed by atoms with Crippen molar-refractivity contribution < 1.29 is 4.74 Å². The summed E-state index contributed by atoms with van der Waals surface area (Å²) in [5, 5.41) is 0. The second-order valence-corrected chi connectivity index (χ2v) is 9.97. The molecule has 0 amide bonds. The van der Waals surface area contributed by atoms with Crippen LogP contribution in [0.15, 0.2) is 64.6 Å². The summed E-state index contributed by atoms with van der Waals surface area (Å²) >= 11 is 1.85. The van der Waals surface area contributed by atoms with Gasteiger partial charge in [0.1, 0.15) is 5.75 Å². The molecule has 0 aliphatic rings. The predicted molar refractivity (Wildman–Crippen MR) is 138 cm³/mol. The average molecular weight is 453 g/mol. The monoisotopic (exact) mass is 452 g/mol. The Morgan fingerprint density at radius 3 is 2.25 bits per heavy atom. The molecule has 4 heteroatoms. The fourth-order valence-electron chi connectivity index (χ4n) is 3.94. The molecule has 0 atom stereocenters. The van der Waals surface area contributed by atoms with E-state index in [9.17, 15) is 0 Å². The highest BCUT2D eigenvalue weighted by atomic mass is 32.2. The summed E-state index contributed by atoms with van der Waals surface area (Å²) in [7, 11) is 0. The van der Waals surface area contributed by atoms with Crippen molar-refractivity contribution in [2.75, 3.05) is 26.2 Å². The standard InChI is InChI=1S/C28H40N2OS/c1-5-7-17-29(18-8-6-2)19-11-21-31-24-13-15-25(16-14-24)32-28-26(23(3)4)22-30-20-10-9-12-27(28)30/h9-10,12-16,20,22-23H,5-8,11,17-19,21H2,1-4H3. The first-order valence-corrected chi connectivity index (χ1v) is 13.2. The van der Waals surface area contributed by atoms with Gasteiger partial charge < -0.3 is 14.0 Å². The Hall–Kier alpha value is -1.91. The van der Waals surface area contributed by atoms with Crippen LogP contribution >= 0.6 is 11.8 Å². The Bertz CT molecular complexity index is 924. The lowest BCUT2D eigenvalue weighted by Gasteiger charge is -2.21. The molecule has 32 heavy (non-hydrogen) atoms. The summed E-state index contributed by atoms with van der Waals surface area (Å²) < 4.78 is 8.28. The van der Waals surface area contributed by atoms with Crippen molar-refractivity contribution in [3.05, 3.63) is 60.4 Å². The Labute approximate surface area is 199 Å². The van der Waals surface area contributed by atoms with E-state index in [0.717, 1.165) is 25.3 Å². The van der Waals surface area contributed by atoms with Crippen LogP contribution in [0.5, 0.6) is 5.75 Å². The molecule has 174 valence electrons. The maximum absolute atomic E-state index is 6.05. The van der Waals surface area contributed by atoms with Crippen LogP contribution in [-0.4, -0.2) is 35.5 Å². The molecular formula is C28H40N2OS. The molecule has 3 rings (SSSR count). The fraction of sp³-hybridized carbons (Fsp3) is 0.500. The third kappa shape index (κ3) is 7.05. The predicted octanol–water partition coefficient (Wildman–Crippen LogP) is 7.89. The lowest BCUT2D eigenvalue weighted by atomic mass is 10.1. The van der Waals surface area contributed by atoms with Crippen LogP contribution in [0, 0.1) is 0 Å². The SMILES string of the molecule is CCCCN(CCCC)CCCOc1ccc(Sc2c(C(C)C)cn3ccccc23)cc1. The molecule has 2 aromatic heterocycles. The second kappa shape index (κ2) is 13.0. The van der Waals surface area contributed by atoms with Gasteiger partial charge in [-0.25, -0.2) is 0 Å². The van der Waals surface area contributed by atoms with Crippen molar-refractivity contribution in [3.8, 4) is 5.75 Å². The molecule has 2 heterocycles. The van der Waals surface area contributed by atoms with Crippen LogP contribution in [0.1, 0.15) is 71.3 Å². The molecule has 0 aliphatic heterocycles. The molecule has 0 radical (unpaired) electrons. The lowest BCUT2D eigenvalue weighted by Crippen LogP contribution is -2.28. The van der Waals surface area contributed by atoms with Crippen LogP contribution < -0.4 is 4.74 Å². The maximum atomic E-state index is 6.05. The molecule has 0 saturated carbocycles. The van der Waals surface area contributed by atoms with Gasteiger partial charge in [-0.2, -0.15) is 0 Å². The molecule has 0 saturated heterocycles. The van der Waals surface area contributed by atoms with Crippen LogP contribution in [0.2, 0.25) is 0 Å². The molecule has 0 fully saturated rings. The van der Waals surface area contributed by atoms with Gasteiger partial charge in [-0.05, 0) is 80.2 Å². The van der Waals surface area contributed by atoms with E-state index in [4.69, 9.17) is 4.74 Å². The Kier molecular flexibility index (Phi) is 10.0. The number of hydrogen-bond donors (Lipinski definition) is 0. The van der Waals surface area contributed by atoms with Gasteiger partial charge in [0.25, 0.3) is 0 Å². The smallest absolute Gasteiger partial charge is 0.119 e. The van der Waals surface area contributed by atoms with Gasteiger partial charge in [-0.3, -0.25) is 0 Å². The van der Waals surface area contributed by atoms with Crippen molar-refractivity contribution in [2.45, 2.75) is 75.5 Å². The Morgan fingerprint density at radius 2 is 1.59 bits per heavy atom. The largest absolute Gasteiger partial charge is 0.494 e. The summed E-state index contributed by atoms with van der Waals surface area (Å²) in [6.45, 7) is 13.4. The summed E-state index contributed by atoms with van der Waals surface area (Å²) in [6.07, 6.45) is 10.6. The summed E-state index contributed by atoms with van der Waals surface area (Å²) in [6, 6.07) is 15.0. The third-order valence-corrected chi connectivity index (χ3v) is 7.03. The number of ether oxygens (including phenoxy) is 1. The fourth-order valence-corrected chi connectivity index (χ4v) is 5.13. The number of nitrogens with zero attached hydrogens (tertiary/aromatic N) is 2. The Balaban J connectivity index is 1.53. The first-order valence-electron chi connectivity index (χ1n) is 12.3. The molecule has 1 aromatic carbocycles. The number of hydrogen-bond acceptors (Lipinski definition) is 3. The number of rotatable bonds is 14. The van der Waals surface area contributed by atoms with Gasteiger partial charge in [0, 0.05) is 28.7 Å². The van der Waals surface area contributed by atoms with Gasteiger partial charge in [0.15, 0.2) is 0 Å². The Morgan fingerprint density at radius 1 is 0.906 bits per heavy atom. The lowest BCUT2D eigenvalue weighted by molar-refractivity contribution is 0.229. The number of benzene rings is 1. The number of fused-ring (bicyclic) bond motifs is 1. The van der Waals surface area contributed by atoms with Gasteiger partial charge in [0.05, 0.1) is 12.1 Å². The van der Waals surface area contributed by atoms with E-state index in [2.05, 4.69) is 91.9 Å². The van der Waals surface area contributed by atoms with Crippen molar-refractivity contribution in [3.63, 3.8) is 0 Å². The van der Waals surface area contributed by atoms with Crippen molar-refractivity contribution >= 4 is 17.3 Å². The van der Waals surface area contributed by atoms with Gasteiger partial charge in [0.2, 0.25) is 0 Å². The van der Waals surface area contributed by atoms with Crippen molar-refractivity contribution in [1.82, 2.24) is 9.30 Å². The normalized spacial score (nSPS) is 11.7. The van der Waals surface area contributed by atoms with Crippen LogP contribution in [-0.2, 0) is 0 Å². The van der Waals surface area contributed by atoms with Crippen LogP contribution in [0.4, 0.5) is 0 Å². The molecule has 0 unspecified atom stereocenters.